The molecule has 1 amide bonds. The maximum atomic E-state index is 12.5. The van der Waals surface area contributed by atoms with Crippen LogP contribution in [0.3, 0.4) is 0 Å². The summed E-state index contributed by atoms with van der Waals surface area (Å²) < 4.78 is 16.3. The van der Waals surface area contributed by atoms with Crippen LogP contribution in [0.4, 0.5) is 0 Å². The quantitative estimate of drug-likeness (QED) is 0.662. The molecule has 0 aliphatic carbocycles. The van der Waals surface area contributed by atoms with E-state index in [1.165, 1.54) is 14.2 Å². The second-order valence-electron chi connectivity index (χ2n) is 5.47. The van der Waals surface area contributed by atoms with Gasteiger partial charge in [0.05, 0.1) is 20.8 Å². The Balaban J connectivity index is 1.63. The first-order chi connectivity index (χ1) is 12.7. The number of carbonyl (C=O) groups is 1. The number of hydrogen-bond acceptors (Lipinski definition) is 5. The molecule has 3 rings (SSSR count). The highest BCUT2D eigenvalue weighted by Crippen LogP contribution is 2.28. The van der Waals surface area contributed by atoms with Crippen LogP contribution in [-0.4, -0.2) is 38.3 Å². The summed E-state index contributed by atoms with van der Waals surface area (Å²) >= 11 is 0. The number of carbonyl (C=O) groups excluding carboxylic acids is 1. The first-order valence-corrected chi connectivity index (χ1v) is 8.20. The molecule has 134 valence electrons. The summed E-state index contributed by atoms with van der Waals surface area (Å²) in [6.45, 7) is 0.655. The van der Waals surface area contributed by atoms with Crippen LogP contribution in [0.5, 0.6) is 17.2 Å². The van der Waals surface area contributed by atoms with Crippen LogP contribution in [0.2, 0.25) is 0 Å². The van der Waals surface area contributed by atoms with Gasteiger partial charge in [-0.1, -0.05) is 24.3 Å². The zero-order chi connectivity index (χ0) is 18.4. The van der Waals surface area contributed by atoms with E-state index in [1.807, 2.05) is 30.3 Å². The number of hydrogen-bond donors (Lipinski definition) is 1. The zero-order valence-electron chi connectivity index (χ0n) is 14.7. The van der Waals surface area contributed by atoms with Crippen LogP contribution in [-0.2, 0) is 0 Å². The monoisotopic (exact) mass is 352 g/mol. The van der Waals surface area contributed by atoms with Crippen molar-refractivity contribution in [3.8, 4) is 17.2 Å². The first-order valence-electron chi connectivity index (χ1n) is 8.20. The molecule has 2 aromatic carbocycles. The van der Waals surface area contributed by atoms with Gasteiger partial charge in [0.15, 0.2) is 0 Å². The van der Waals surface area contributed by atoms with E-state index in [1.54, 1.807) is 24.4 Å². The van der Waals surface area contributed by atoms with Crippen molar-refractivity contribution >= 4 is 16.8 Å². The van der Waals surface area contributed by atoms with Gasteiger partial charge in [-0.15, -0.1) is 0 Å². The lowest BCUT2D eigenvalue weighted by atomic mass is 10.1. The number of pyridine rings is 1. The van der Waals surface area contributed by atoms with Crippen LogP contribution < -0.4 is 19.5 Å². The molecule has 1 aromatic heterocycles. The minimum absolute atomic E-state index is 0.279. The standard InChI is InChI=1S/C20H20N2O4/c1-24-15-8-4-9-16(25-2)18(15)20(23)22-12-13-26-17-10-3-6-14-7-5-11-21-19(14)17/h3-11H,12-13H2,1-2H3,(H,22,23). The molecule has 26 heavy (non-hydrogen) atoms. The lowest BCUT2D eigenvalue weighted by Crippen LogP contribution is -2.28. The molecular weight excluding hydrogens is 332 g/mol. The van der Waals surface area contributed by atoms with Gasteiger partial charge in [0, 0.05) is 11.6 Å². The Kier molecular flexibility index (Phi) is 5.53. The number of benzene rings is 2. The number of nitrogens with one attached hydrogen (secondary N) is 1. The number of para-hydroxylation sites is 1. The summed E-state index contributed by atoms with van der Waals surface area (Å²) in [5.41, 5.74) is 1.16. The molecule has 0 saturated carbocycles. The van der Waals surface area contributed by atoms with Crippen molar-refractivity contribution < 1.29 is 19.0 Å². The van der Waals surface area contributed by atoms with E-state index >= 15 is 0 Å². The van der Waals surface area contributed by atoms with Gasteiger partial charge in [-0.2, -0.15) is 0 Å². The van der Waals surface area contributed by atoms with Crippen molar-refractivity contribution in [1.82, 2.24) is 10.3 Å². The molecule has 0 atom stereocenters. The third kappa shape index (κ3) is 3.69. The molecule has 1 N–H and O–H groups in total. The Morgan fingerprint density at radius 2 is 1.62 bits per heavy atom. The maximum absolute atomic E-state index is 12.5. The zero-order valence-corrected chi connectivity index (χ0v) is 14.7. The third-order valence-electron chi connectivity index (χ3n) is 3.90. The molecule has 6 heteroatoms. The molecule has 0 aliphatic rings. The maximum Gasteiger partial charge on any atom is 0.258 e. The van der Waals surface area contributed by atoms with Gasteiger partial charge in [-0.25, -0.2) is 0 Å². The average Bonchev–Trinajstić information content (AvgIpc) is 2.70. The van der Waals surface area contributed by atoms with Gasteiger partial charge in [0.2, 0.25) is 0 Å². The van der Waals surface area contributed by atoms with Crippen molar-refractivity contribution in [2.75, 3.05) is 27.4 Å². The number of ether oxygens (including phenoxy) is 3. The van der Waals surface area contributed by atoms with Gasteiger partial charge in [0.25, 0.3) is 5.91 Å². The van der Waals surface area contributed by atoms with Crippen molar-refractivity contribution in [1.29, 1.82) is 0 Å². The Bertz CT molecular complexity index is 884. The number of amides is 1. The molecule has 6 nitrogen and oxygen atoms in total. The highest BCUT2D eigenvalue weighted by Gasteiger charge is 2.17. The van der Waals surface area contributed by atoms with E-state index in [-0.39, 0.29) is 5.91 Å². The highest BCUT2D eigenvalue weighted by atomic mass is 16.5. The number of methoxy groups -OCH3 is 2. The van der Waals surface area contributed by atoms with E-state index in [0.717, 1.165) is 10.9 Å². The number of aromatic nitrogens is 1. The van der Waals surface area contributed by atoms with Crippen LogP contribution in [0, 0.1) is 0 Å². The van der Waals surface area contributed by atoms with Gasteiger partial charge in [-0.05, 0) is 24.3 Å². The molecule has 0 spiro atoms. The first kappa shape index (κ1) is 17.5. The second kappa shape index (κ2) is 8.20. The van der Waals surface area contributed by atoms with E-state index < -0.39 is 0 Å². The summed E-state index contributed by atoms with van der Waals surface area (Å²) in [6.07, 6.45) is 1.73. The topological polar surface area (TPSA) is 69.7 Å². The van der Waals surface area contributed by atoms with E-state index in [4.69, 9.17) is 14.2 Å². The number of rotatable bonds is 7. The highest BCUT2D eigenvalue weighted by molar-refractivity contribution is 5.99. The molecule has 0 saturated heterocycles. The number of fused-ring (bicyclic) bond motifs is 1. The summed E-state index contributed by atoms with van der Waals surface area (Å²) in [4.78, 5) is 16.8. The molecule has 3 aromatic rings. The molecule has 0 bridgehead atoms. The van der Waals surface area contributed by atoms with Crippen LogP contribution in [0.25, 0.3) is 10.9 Å². The van der Waals surface area contributed by atoms with Gasteiger partial charge in [0.1, 0.15) is 34.9 Å². The predicted molar refractivity (Wildman–Crippen MR) is 99.1 cm³/mol. The molecule has 0 aliphatic heterocycles. The third-order valence-corrected chi connectivity index (χ3v) is 3.90. The fraction of sp³-hybridized carbons (Fsp3) is 0.200. The summed E-state index contributed by atoms with van der Waals surface area (Å²) in [6, 6.07) is 14.8. The minimum atomic E-state index is -0.279. The molecular formula is C20H20N2O4. The molecule has 0 radical (unpaired) electrons. The normalized spacial score (nSPS) is 10.4. The Labute approximate surface area is 151 Å². The van der Waals surface area contributed by atoms with E-state index in [0.29, 0.717) is 36.0 Å². The molecule has 1 heterocycles. The van der Waals surface area contributed by atoms with Crippen LogP contribution in [0.15, 0.2) is 54.7 Å². The molecule has 0 fully saturated rings. The van der Waals surface area contributed by atoms with Crippen molar-refractivity contribution in [2.45, 2.75) is 0 Å². The average molecular weight is 352 g/mol. The van der Waals surface area contributed by atoms with Crippen molar-refractivity contribution in [3.63, 3.8) is 0 Å². The van der Waals surface area contributed by atoms with Crippen molar-refractivity contribution in [3.05, 3.63) is 60.3 Å². The SMILES string of the molecule is COc1cccc(OC)c1C(=O)NCCOc1cccc2cccnc12. The van der Waals surface area contributed by atoms with Crippen LogP contribution in [0.1, 0.15) is 10.4 Å². The summed E-state index contributed by atoms with van der Waals surface area (Å²) in [5, 5.41) is 3.83. The summed E-state index contributed by atoms with van der Waals surface area (Å²) in [5.74, 6) is 1.33. The summed E-state index contributed by atoms with van der Waals surface area (Å²) in [7, 11) is 3.03. The second-order valence-corrected chi connectivity index (χ2v) is 5.47. The largest absolute Gasteiger partial charge is 0.496 e. The van der Waals surface area contributed by atoms with Gasteiger partial charge in [-0.3, -0.25) is 9.78 Å². The Morgan fingerprint density at radius 1 is 0.962 bits per heavy atom. The number of nitrogens with zero attached hydrogens (tertiary/aromatic N) is 1. The van der Waals surface area contributed by atoms with Crippen LogP contribution >= 0.6 is 0 Å². The van der Waals surface area contributed by atoms with Gasteiger partial charge < -0.3 is 19.5 Å². The van der Waals surface area contributed by atoms with E-state index in [9.17, 15) is 4.79 Å². The Morgan fingerprint density at radius 3 is 2.35 bits per heavy atom. The molecule has 0 unspecified atom stereocenters. The fourth-order valence-electron chi connectivity index (χ4n) is 2.68. The minimum Gasteiger partial charge on any atom is -0.496 e. The predicted octanol–water partition coefficient (Wildman–Crippen LogP) is 3.06. The van der Waals surface area contributed by atoms with Crippen molar-refractivity contribution in [2.24, 2.45) is 0 Å². The smallest absolute Gasteiger partial charge is 0.258 e. The lowest BCUT2D eigenvalue weighted by molar-refractivity contribution is 0.0941. The lowest BCUT2D eigenvalue weighted by Gasteiger charge is -2.13. The van der Waals surface area contributed by atoms with Gasteiger partial charge >= 0.3 is 0 Å². The fourth-order valence-corrected chi connectivity index (χ4v) is 2.68. The van der Waals surface area contributed by atoms with E-state index in [2.05, 4.69) is 10.3 Å². The Hall–Kier alpha value is -3.28.